The Kier molecular flexibility index (Phi) is 3.52. The molecule has 0 aromatic heterocycles. The number of carbonyl (C=O) groups is 1. The van der Waals surface area contributed by atoms with Gasteiger partial charge in [-0.05, 0) is 56.8 Å². The van der Waals surface area contributed by atoms with Gasteiger partial charge in [0, 0.05) is 5.57 Å². The van der Waals surface area contributed by atoms with Crippen LogP contribution >= 0.6 is 0 Å². The summed E-state index contributed by atoms with van der Waals surface area (Å²) in [6, 6.07) is 0. The SMILES string of the molecule is C=C(C(=O)O)[C@@H]1CC[C@H](C)[C@@H]2CC[C@](C)(O)[C@@]2(O)C1. The summed E-state index contributed by atoms with van der Waals surface area (Å²) >= 11 is 0. The minimum Gasteiger partial charge on any atom is -0.478 e. The van der Waals surface area contributed by atoms with E-state index in [1.165, 1.54) is 0 Å². The lowest BCUT2D eigenvalue weighted by molar-refractivity contribution is -0.154. The fourth-order valence-electron chi connectivity index (χ4n) is 4.03. The van der Waals surface area contributed by atoms with E-state index in [0.717, 1.165) is 19.3 Å². The van der Waals surface area contributed by atoms with Crippen LogP contribution in [-0.4, -0.2) is 32.5 Å². The largest absolute Gasteiger partial charge is 0.478 e. The van der Waals surface area contributed by atoms with Gasteiger partial charge in [0.2, 0.25) is 0 Å². The van der Waals surface area contributed by atoms with Gasteiger partial charge in [-0.25, -0.2) is 4.79 Å². The lowest BCUT2D eigenvalue weighted by atomic mass is 9.73. The van der Waals surface area contributed by atoms with Gasteiger partial charge in [0.1, 0.15) is 0 Å². The third-order valence-corrected chi connectivity index (χ3v) is 5.47. The molecule has 0 radical (unpaired) electrons. The molecule has 0 aromatic carbocycles. The summed E-state index contributed by atoms with van der Waals surface area (Å²) in [5, 5.41) is 30.6. The molecule has 0 aromatic rings. The molecule has 2 aliphatic carbocycles. The molecule has 0 amide bonds. The summed E-state index contributed by atoms with van der Waals surface area (Å²) in [6.45, 7) is 7.40. The summed E-state index contributed by atoms with van der Waals surface area (Å²) < 4.78 is 0. The molecule has 3 N–H and O–H groups in total. The Balaban J connectivity index is 2.32. The van der Waals surface area contributed by atoms with Crippen molar-refractivity contribution in [3.8, 4) is 0 Å². The van der Waals surface area contributed by atoms with E-state index in [2.05, 4.69) is 13.5 Å². The third kappa shape index (κ3) is 2.21. The quantitative estimate of drug-likeness (QED) is 0.669. The molecule has 19 heavy (non-hydrogen) atoms. The molecule has 2 aliphatic rings. The van der Waals surface area contributed by atoms with Gasteiger partial charge in [-0.15, -0.1) is 0 Å². The van der Waals surface area contributed by atoms with Crippen LogP contribution in [0, 0.1) is 17.8 Å². The van der Waals surface area contributed by atoms with Crippen LogP contribution in [0.3, 0.4) is 0 Å². The maximum Gasteiger partial charge on any atom is 0.331 e. The molecular weight excluding hydrogens is 244 g/mol. The summed E-state index contributed by atoms with van der Waals surface area (Å²) in [7, 11) is 0. The topological polar surface area (TPSA) is 77.8 Å². The summed E-state index contributed by atoms with van der Waals surface area (Å²) in [4.78, 5) is 11.1. The molecule has 0 aliphatic heterocycles. The number of hydrogen-bond donors (Lipinski definition) is 3. The number of fused-ring (bicyclic) bond motifs is 1. The van der Waals surface area contributed by atoms with E-state index in [-0.39, 0.29) is 17.4 Å². The van der Waals surface area contributed by atoms with Crippen molar-refractivity contribution in [2.75, 3.05) is 0 Å². The summed E-state index contributed by atoms with van der Waals surface area (Å²) in [6.07, 6.45) is 3.28. The van der Waals surface area contributed by atoms with Crippen molar-refractivity contribution in [3.63, 3.8) is 0 Å². The fraction of sp³-hybridized carbons (Fsp3) is 0.800. The maximum atomic E-state index is 11.1. The van der Waals surface area contributed by atoms with E-state index in [0.29, 0.717) is 18.8 Å². The van der Waals surface area contributed by atoms with Crippen LogP contribution in [0.2, 0.25) is 0 Å². The van der Waals surface area contributed by atoms with Crippen molar-refractivity contribution in [2.24, 2.45) is 17.8 Å². The molecule has 0 unspecified atom stereocenters. The Bertz CT molecular complexity index is 401. The smallest absolute Gasteiger partial charge is 0.331 e. The van der Waals surface area contributed by atoms with Crippen molar-refractivity contribution in [2.45, 2.75) is 57.2 Å². The number of rotatable bonds is 2. The van der Waals surface area contributed by atoms with Gasteiger partial charge < -0.3 is 15.3 Å². The van der Waals surface area contributed by atoms with Gasteiger partial charge in [0.05, 0.1) is 11.2 Å². The average molecular weight is 268 g/mol. The Morgan fingerprint density at radius 2 is 1.89 bits per heavy atom. The van der Waals surface area contributed by atoms with Crippen LogP contribution in [0.5, 0.6) is 0 Å². The zero-order chi connectivity index (χ0) is 14.4. The lowest BCUT2D eigenvalue weighted by Gasteiger charge is -2.41. The van der Waals surface area contributed by atoms with Crippen molar-refractivity contribution in [1.82, 2.24) is 0 Å². The van der Waals surface area contributed by atoms with Gasteiger partial charge in [-0.1, -0.05) is 13.5 Å². The van der Waals surface area contributed by atoms with E-state index < -0.39 is 17.2 Å². The highest BCUT2D eigenvalue weighted by Crippen LogP contribution is 2.54. The highest BCUT2D eigenvalue weighted by atomic mass is 16.4. The van der Waals surface area contributed by atoms with Crippen LogP contribution < -0.4 is 0 Å². The molecule has 4 nitrogen and oxygen atoms in total. The van der Waals surface area contributed by atoms with Crippen LogP contribution in [0.15, 0.2) is 12.2 Å². The first-order valence-electron chi connectivity index (χ1n) is 7.06. The monoisotopic (exact) mass is 268 g/mol. The number of aliphatic carboxylic acids is 1. The van der Waals surface area contributed by atoms with Crippen molar-refractivity contribution >= 4 is 5.97 Å². The second-order valence-corrected chi connectivity index (χ2v) is 6.63. The molecule has 108 valence electrons. The number of carboxylic acids is 1. The van der Waals surface area contributed by atoms with Crippen LogP contribution in [-0.2, 0) is 4.79 Å². The molecule has 5 atom stereocenters. The van der Waals surface area contributed by atoms with Gasteiger partial charge in [-0.3, -0.25) is 0 Å². The van der Waals surface area contributed by atoms with E-state index in [4.69, 9.17) is 5.11 Å². The molecule has 0 heterocycles. The van der Waals surface area contributed by atoms with Gasteiger partial charge in [0.15, 0.2) is 0 Å². The highest BCUT2D eigenvalue weighted by Gasteiger charge is 2.59. The van der Waals surface area contributed by atoms with Crippen LogP contribution in [0.25, 0.3) is 0 Å². The van der Waals surface area contributed by atoms with E-state index in [9.17, 15) is 15.0 Å². The molecular formula is C15H24O4. The van der Waals surface area contributed by atoms with Gasteiger partial charge >= 0.3 is 5.97 Å². The summed E-state index contributed by atoms with van der Waals surface area (Å²) in [5.41, 5.74) is -2.16. The second-order valence-electron chi connectivity index (χ2n) is 6.63. The Labute approximate surface area is 114 Å². The van der Waals surface area contributed by atoms with Crippen LogP contribution in [0.4, 0.5) is 0 Å². The van der Waals surface area contributed by atoms with Crippen molar-refractivity contribution in [1.29, 1.82) is 0 Å². The molecule has 0 bridgehead atoms. The van der Waals surface area contributed by atoms with Crippen molar-refractivity contribution < 1.29 is 20.1 Å². The van der Waals surface area contributed by atoms with Crippen molar-refractivity contribution in [3.05, 3.63) is 12.2 Å². The van der Waals surface area contributed by atoms with E-state index >= 15 is 0 Å². The minimum atomic E-state index is -1.19. The molecule has 2 saturated carbocycles. The Hall–Kier alpha value is -0.870. The predicted octanol–water partition coefficient (Wildman–Crippen LogP) is 1.96. The molecule has 4 heteroatoms. The predicted molar refractivity (Wildman–Crippen MR) is 71.6 cm³/mol. The number of aliphatic hydroxyl groups is 2. The summed E-state index contributed by atoms with van der Waals surface area (Å²) in [5.74, 6) is -0.906. The Morgan fingerprint density at radius 1 is 1.26 bits per heavy atom. The van der Waals surface area contributed by atoms with Gasteiger partial charge in [0.25, 0.3) is 0 Å². The zero-order valence-corrected chi connectivity index (χ0v) is 11.7. The zero-order valence-electron chi connectivity index (χ0n) is 11.7. The second kappa shape index (κ2) is 4.60. The first-order chi connectivity index (χ1) is 8.69. The Morgan fingerprint density at radius 3 is 2.47 bits per heavy atom. The van der Waals surface area contributed by atoms with Crippen LogP contribution in [0.1, 0.15) is 46.0 Å². The minimum absolute atomic E-state index is 0.0501. The molecule has 0 spiro atoms. The first-order valence-corrected chi connectivity index (χ1v) is 7.06. The first kappa shape index (κ1) is 14.5. The standard InChI is InChI=1S/C15H24O4/c1-9-4-5-11(10(2)13(16)17)8-15(19)12(9)6-7-14(15,3)18/h9,11-12,18-19H,2,4-8H2,1,3H3,(H,16,17)/t9-,11+,12-,14-,15+/m0/s1. The van der Waals surface area contributed by atoms with Gasteiger partial charge in [-0.2, -0.15) is 0 Å². The molecule has 2 rings (SSSR count). The maximum absolute atomic E-state index is 11.1. The lowest BCUT2D eigenvalue weighted by Crippen LogP contribution is -2.53. The average Bonchev–Trinajstić information content (AvgIpc) is 2.46. The van der Waals surface area contributed by atoms with E-state index in [1.54, 1.807) is 6.92 Å². The normalized spacial score (nSPS) is 46.4. The number of hydrogen-bond acceptors (Lipinski definition) is 3. The fourth-order valence-corrected chi connectivity index (χ4v) is 4.03. The highest BCUT2D eigenvalue weighted by molar-refractivity contribution is 5.86. The molecule has 0 saturated heterocycles. The van der Waals surface area contributed by atoms with E-state index in [1.807, 2.05) is 0 Å². The molecule has 2 fully saturated rings. The number of carboxylic acid groups (broad SMARTS) is 1. The third-order valence-electron chi connectivity index (χ3n) is 5.47.